The topological polar surface area (TPSA) is 238 Å². The van der Waals surface area contributed by atoms with E-state index in [2.05, 4.69) is 50.8 Å². The second-order valence-corrected chi connectivity index (χ2v) is 28.3. The summed E-state index contributed by atoms with van der Waals surface area (Å²) in [6, 6.07) is 47.8. The predicted octanol–water partition coefficient (Wildman–Crippen LogP) is 19.3. The molecule has 0 bridgehead atoms. The summed E-state index contributed by atoms with van der Waals surface area (Å²) in [5.74, 6) is -4.03. The van der Waals surface area contributed by atoms with Crippen LogP contribution in [-0.2, 0) is 49.2 Å². The number of anilines is 9. The molecule has 0 saturated carbocycles. The molecule has 3 aliphatic heterocycles. The zero-order chi connectivity index (χ0) is 81.7. The van der Waals surface area contributed by atoms with Gasteiger partial charge in [-0.3, -0.25) is 43.6 Å². The van der Waals surface area contributed by atoms with Crippen LogP contribution in [-0.4, -0.2) is 70.3 Å². The number of fused-ring (bicyclic) bond motifs is 3. The van der Waals surface area contributed by atoms with E-state index >= 15 is 0 Å². The van der Waals surface area contributed by atoms with Gasteiger partial charge in [-0.15, -0.1) is 0 Å². The van der Waals surface area contributed by atoms with Gasteiger partial charge < -0.3 is 16.0 Å². The first kappa shape index (κ1) is 78.4. The summed E-state index contributed by atoms with van der Waals surface area (Å²) in [6.45, 7) is 14.0. The number of nitrogens with one attached hydrogen (secondary N) is 3. The Bertz CT molecular complexity index is 5790. The van der Waals surface area contributed by atoms with Crippen LogP contribution in [0, 0.1) is 19.7 Å². The van der Waals surface area contributed by atoms with Crippen molar-refractivity contribution in [1.82, 2.24) is 34.9 Å². The number of hydrogen-bond acceptors (Lipinski definition) is 13. The number of pyridine rings is 3. The number of hydrogen-bond donors (Lipinski definition) is 3. The van der Waals surface area contributed by atoms with Gasteiger partial charge in [-0.2, -0.15) is 39.5 Å². The van der Waals surface area contributed by atoms with Gasteiger partial charge in [0.25, 0.3) is 17.7 Å². The Labute approximate surface area is 644 Å². The van der Waals surface area contributed by atoms with Gasteiger partial charge in [0.15, 0.2) is 5.69 Å². The molecule has 0 atom stereocenters. The summed E-state index contributed by atoms with van der Waals surface area (Å²) in [6.07, 6.45) is -4.94. The largest absolute Gasteiger partial charge is 0.434 e. The maximum absolute atomic E-state index is 14.0. The van der Waals surface area contributed by atoms with Crippen LogP contribution in [0.25, 0.3) is 33.5 Å². The molecule has 0 unspecified atom stereocenters. The highest BCUT2D eigenvalue weighted by molar-refractivity contribution is 6.17. The van der Waals surface area contributed by atoms with Gasteiger partial charge in [0.2, 0.25) is 29.6 Å². The Morgan fingerprint density at radius 2 is 0.825 bits per heavy atom. The fourth-order valence-electron chi connectivity index (χ4n) is 13.9. The minimum atomic E-state index is -4.88. The van der Waals surface area contributed by atoms with E-state index in [9.17, 15) is 72.7 Å². The smallest absolute Gasteiger partial charge is 0.322 e. The summed E-state index contributed by atoms with van der Waals surface area (Å²) in [7, 11) is 0. The summed E-state index contributed by atoms with van der Waals surface area (Å²) in [4.78, 5) is 112. The number of nitrogens with zero attached hydrogens (tertiary/aromatic N) is 10. The van der Waals surface area contributed by atoms with Crippen molar-refractivity contribution >= 4 is 87.2 Å². The van der Waals surface area contributed by atoms with E-state index in [0.29, 0.717) is 73.1 Å². The van der Waals surface area contributed by atoms with Gasteiger partial charge in [0.1, 0.15) is 11.5 Å². The second-order valence-electron chi connectivity index (χ2n) is 28.3. The van der Waals surface area contributed by atoms with Crippen LogP contribution in [0.3, 0.4) is 0 Å². The summed E-state index contributed by atoms with van der Waals surface area (Å²) < 4.78 is 139. The van der Waals surface area contributed by atoms with Crippen molar-refractivity contribution in [3.05, 3.63) is 299 Å². The van der Waals surface area contributed by atoms with E-state index in [1.807, 2.05) is 13.8 Å². The number of aryl methyl sites for hydroxylation is 2. The SMILES string of the molecule is CC1(C)C(=O)N(c2ncccn2)c2cccc(-c3ccc(C(F)(F)F)c(C(=O)Nc4ccccc4)c3)c21.Cc1ccc(NC(=O)c2cc(-c3cccc4c3C(C)(C)C(=O)N4c3cncc(F)c3)cnc2C(F)(F)F)cc1.Cc1ccc(NC(=O)c2nc(-c3cccc4c3C(C)(C)C(=O)N4c3ncccn3)ccc2C(F)(F)F)cc1. The van der Waals surface area contributed by atoms with Crippen molar-refractivity contribution in [2.45, 2.75) is 90.2 Å². The number of aromatic nitrogens is 7. The number of benzene rings is 7. The molecule has 19 nitrogen and oxygen atoms in total. The molecule has 0 spiro atoms. The van der Waals surface area contributed by atoms with E-state index in [1.165, 1.54) is 69.9 Å². The van der Waals surface area contributed by atoms with E-state index in [4.69, 9.17) is 0 Å². The van der Waals surface area contributed by atoms with E-state index in [1.54, 1.807) is 187 Å². The summed E-state index contributed by atoms with van der Waals surface area (Å²) >= 11 is 0. The molecular weight excluding hydrogens is 1490 g/mol. The van der Waals surface area contributed by atoms with Crippen LogP contribution in [0.2, 0.25) is 0 Å². The fourth-order valence-corrected chi connectivity index (χ4v) is 13.9. The molecular formula is C85H65F10N13O6. The van der Waals surface area contributed by atoms with E-state index in [0.717, 1.165) is 41.7 Å². The number of para-hydroxylation sites is 1. The first-order valence-corrected chi connectivity index (χ1v) is 35.0. The van der Waals surface area contributed by atoms with Crippen LogP contribution in [0.1, 0.15) is 117 Å². The Morgan fingerprint density at radius 1 is 0.395 bits per heavy atom. The first-order chi connectivity index (χ1) is 53.9. The molecule has 5 aromatic heterocycles. The summed E-state index contributed by atoms with van der Waals surface area (Å²) in [5.41, 5.74) is -0.361. The molecule has 15 rings (SSSR count). The van der Waals surface area contributed by atoms with Crippen LogP contribution < -0.4 is 30.7 Å². The third kappa shape index (κ3) is 15.2. The molecule has 0 saturated heterocycles. The molecule has 29 heteroatoms. The molecule has 0 aliphatic carbocycles. The average molecular weight is 1550 g/mol. The fraction of sp³-hybridized carbons (Fsp3) is 0.165. The van der Waals surface area contributed by atoms with Crippen molar-refractivity contribution in [2.24, 2.45) is 0 Å². The molecule has 3 N–H and O–H groups in total. The van der Waals surface area contributed by atoms with E-state index in [-0.39, 0.29) is 46.6 Å². The minimum Gasteiger partial charge on any atom is -0.322 e. The Hall–Kier alpha value is -13.7. The lowest BCUT2D eigenvalue weighted by Crippen LogP contribution is -2.34. The average Bonchev–Trinajstić information content (AvgIpc) is 1.58. The lowest BCUT2D eigenvalue weighted by molar-refractivity contribution is -0.141. The number of rotatable bonds is 12. The Kier molecular flexibility index (Phi) is 20.7. The zero-order valence-corrected chi connectivity index (χ0v) is 61.6. The van der Waals surface area contributed by atoms with Gasteiger partial charge in [0, 0.05) is 70.8 Å². The normalized spacial score (nSPS) is 14.4. The number of amides is 6. The molecule has 0 radical (unpaired) electrons. The molecule has 3 aliphatic rings. The van der Waals surface area contributed by atoms with Crippen molar-refractivity contribution in [3.8, 4) is 33.5 Å². The zero-order valence-electron chi connectivity index (χ0n) is 61.6. The predicted molar refractivity (Wildman–Crippen MR) is 408 cm³/mol. The van der Waals surface area contributed by atoms with Gasteiger partial charge in [-0.05, 0) is 180 Å². The number of carbonyl (C=O) groups is 6. The quantitative estimate of drug-likeness (QED) is 0.0966. The van der Waals surface area contributed by atoms with E-state index < -0.39 is 92.0 Å². The van der Waals surface area contributed by atoms with Crippen molar-refractivity contribution in [1.29, 1.82) is 0 Å². The monoisotopic (exact) mass is 1550 g/mol. The lowest BCUT2D eigenvalue weighted by atomic mass is 9.81. The minimum absolute atomic E-state index is 0.126. The molecule has 114 heavy (non-hydrogen) atoms. The Morgan fingerprint density at radius 3 is 1.32 bits per heavy atom. The molecule has 7 aromatic carbocycles. The molecule has 0 fully saturated rings. The number of alkyl halides is 9. The van der Waals surface area contributed by atoms with Crippen LogP contribution in [0.15, 0.2) is 231 Å². The van der Waals surface area contributed by atoms with Crippen molar-refractivity contribution in [3.63, 3.8) is 0 Å². The van der Waals surface area contributed by atoms with Crippen LogP contribution in [0.4, 0.5) is 95.6 Å². The third-order valence-corrected chi connectivity index (χ3v) is 19.3. The van der Waals surface area contributed by atoms with Gasteiger partial charge in [-0.1, -0.05) is 96.1 Å². The number of carbonyl (C=O) groups excluding carboxylic acids is 6. The molecule has 8 heterocycles. The van der Waals surface area contributed by atoms with Gasteiger partial charge in [0.05, 0.1) is 79.3 Å². The molecule has 6 amide bonds. The van der Waals surface area contributed by atoms with Gasteiger partial charge >= 0.3 is 18.5 Å². The second kappa shape index (κ2) is 30.2. The molecule has 576 valence electrons. The highest BCUT2D eigenvalue weighted by Gasteiger charge is 2.51. The van der Waals surface area contributed by atoms with Gasteiger partial charge in [-0.25, -0.2) is 39.1 Å². The van der Waals surface area contributed by atoms with Crippen molar-refractivity contribution in [2.75, 3.05) is 30.7 Å². The lowest BCUT2D eigenvalue weighted by Gasteiger charge is -2.21. The number of halogens is 10. The highest BCUT2D eigenvalue weighted by atomic mass is 19.4. The standard InChI is InChI=1S/C29H22F4N4O2.C28H22F3N5O2.C28H21F3N4O2/c1-16-7-9-19(10-8-16)36-26(38)22-11-17(13-35-25(22)29(31,32)33)21-5-4-6-23-24(21)28(2,3)27(39)37(23)20-12-18(30)14-34-15-20;1-16-8-10-17(11-9-16)34-24(37)23-19(28(29,30)31)12-13-20(35-23)18-6-4-7-21-22(18)27(2,3)25(38)36(21)26-32-14-5-15-33-26;1-27(2)23-19(10-6-11-22(23)35(25(27)37)26-32-14-7-15-33-26)17-12-13-21(28(29,30)31)20(16-17)24(36)34-18-8-4-3-5-9-18/h4-15H,1-3H3,(H,36,38);4-15H,1-3H3,(H,34,37);3-16H,1-2H3,(H,34,36). The maximum Gasteiger partial charge on any atom is 0.434 e. The third-order valence-electron chi connectivity index (χ3n) is 19.3. The maximum atomic E-state index is 14.0. The van der Waals surface area contributed by atoms with Crippen molar-refractivity contribution < 1.29 is 72.7 Å². The van der Waals surface area contributed by atoms with Crippen LogP contribution in [0.5, 0.6) is 0 Å². The highest BCUT2D eigenvalue weighted by Crippen LogP contribution is 2.53. The molecule has 12 aromatic rings. The van der Waals surface area contributed by atoms with Crippen LogP contribution >= 0.6 is 0 Å². The first-order valence-electron chi connectivity index (χ1n) is 35.0. The summed E-state index contributed by atoms with van der Waals surface area (Å²) in [5, 5.41) is 7.54. The Balaban J connectivity index is 0.000000149.